The number of hydrogen-bond donors (Lipinski definition) is 2. The van der Waals surface area contributed by atoms with E-state index in [0.717, 1.165) is 41.4 Å². The topological polar surface area (TPSA) is 83.5 Å². The smallest absolute Gasteiger partial charge is 0.303 e. The molecule has 31 heavy (non-hydrogen) atoms. The van der Waals surface area contributed by atoms with Crippen molar-refractivity contribution in [1.29, 1.82) is 0 Å². The van der Waals surface area contributed by atoms with Gasteiger partial charge in [-0.05, 0) is 79.0 Å². The maximum absolute atomic E-state index is 12.8. The van der Waals surface area contributed by atoms with E-state index in [1.54, 1.807) is 0 Å². The number of rotatable bonds is 11. The van der Waals surface area contributed by atoms with E-state index in [1.165, 1.54) is 5.57 Å². The fourth-order valence-corrected chi connectivity index (χ4v) is 6.22. The van der Waals surface area contributed by atoms with Crippen molar-refractivity contribution in [2.45, 2.75) is 58.8 Å². The number of sulfonamides is 1. The second kappa shape index (κ2) is 9.90. The molecule has 2 unspecified atom stereocenters. The third-order valence-corrected chi connectivity index (χ3v) is 8.67. The minimum atomic E-state index is -3.42. The Bertz CT molecular complexity index is 964. The number of carboxylic acid groups (broad SMARTS) is 1. The van der Waals surface area contributed by atoms with Crippen LogP contribution in [-0.4, -0.2) is 25.2 Å². The highest BCUT2D eigenvalue weighted by Gasteiger charge is 2.53. The number of unbranched alkanes of at least 4 members (excludes halogenated alkanes) is 1. The van der Waals surface area contributed by atoms with Gasteiger partial charge in [-0.2, -0.15) is 0 Å². The highest BCUT2D eigenvalue weighted by Crippen LogP contribution is 2.61. The predicted octanol–water partition coefficient (Wildman–Crippen LogP) is 5.43. The summed E-state index contributed by atoms with van der Waals surface area (Å²) < 4.78 is 29.5. The van der Waals surface area contributed by atoms with Crippen molar-refractivity contribution in [1.82, 2.24) is 4.72 Å². The molecule has 2 N–H and O–H groups in total. The fraction of sp³-hybridized carbons (Fsp3) is 0.542. The molecule has 0 aliphatic heterocycles. The second-order valence-electron chi connectivity index (χ2n) is 9.27. The molecule has 0 spiro atoms. The molecule has 2 atom stereocenters. The molecule has 0 amide bonds. The van der Waals surface area contributed by atoms with Crippen molar-refractivity contribution < 1.29 is 18.3 Å². The van der Waals surface area contributed by atoms with E-state index < -0.39 is 16.0 Å². The normalized spacial score (nSPS) is 22.4. The van der Waals surface area contributed by atoms with Gasteiger partial charge in [0.15, 0.2) is 0 Å². The molecule has 4 rings (SSSR count). The Kier molecular flexibility index (Phi) is 7.68. The van der Waals surface area contributed by atoms with Gasteiger partial charge in [0.2, 0.25) is 10.0 Å². The summed E-state index contributed by atoms with van der Waals surface area (Å²) in [5.41, 5.74) is 3.29. The largest absolute Gasteiger partial charge is 0.481 e. The molecular weight excluding hydrogens is 478 g/mol. The summed E-state index contributed by atoms with van der Waals surface area (Å²) >= 11 is 3.40. The maximum Gasteiger partial charge on any atom is 0.303 e. The zero-order valence-corrected chi connectivity index (χ0v) is 20.6. The van der Waals surface area contributed by atoms with Gasteiger partial charge in [-0.3, -0.25) is 9.52 Å². The highest BCUT2D eigenvalue weighted by atomic mass is 79.9. The van der Waals surface area contributed by atoms with Crippen LogP contribution in [0, 0.1) is 17.3 Å². The summed E-state index contributed by atoms with van der Waals surface area (Å²) in [6.07, 6.45) is 8.72. The second-order valence-corrected chi connectivity index (χ2v) is 12.0. The van der Waals surface area contributed by atoms with Crippen LogP contribution in [-0.2, 0) is 21.2 Å². The molecule has 0 radical (unpaired) electrons. The van der Waals surface area contributed by atoms with Crippen LogP contribution in [0.4, 0.5) is 0 Å². The Labute approximate surface area is 194 Å². The molecule has 1 aromatic rings. The van der Waals surface area contributed by atoms with Crippen molar-refractivity contribution >= 4 is 31.9 Å². The lowest BCUT2D eigenvalue weighted by atomic mass is 9.48. The number of aliphatic carboxylic acids is 1. The predicted molar refractivity (Wildman–Crippen MR) is 127 cm³/mol. The van der Waals surface area contributed by atoms with Crippen molar-refractivity contribution in [2.24, 2.45) is 17.3 Å². The Morgan fingerprint density at radius 2 is 1.97 bits per heavy atom. The van der Waals surface area contributed by atoms with Crippen molar-refractivity contribution in [3.63, 3.8) is 0 Å². The average Bonchev–Trinajstić information content (AvgIpc) is 2.70. The average molecular weight is 510 g/mol. The third kappa shape index (κ3) is 6.22. The molecule has 3 aliphatic carbocycles. The zero-order valence-electron chi connectivity index (χ0n) is 18.2. The van der Waals surface area contributed by atoms with Gasteiger partial charge in [0, 0.05) is 16.6 Å². The first-order chi connectivity index (χ1) is 14.6. The van der Waals surface area contributed by atoms with Crippen molar-refractivity contribution in [3.8, 4) is 0 Å². The van der Waals surface area contributed by atoms with E-state index in [0.29, 0.717) is 24.7 Å². The lowest BCUT2D eigenvalue weighted by Gasteiger charge is -2.58. The molecule has 5 nitrogen and oxygen atoms in total. The van der Waals surface area contributed by atoms with E-state index in [9.17, 15) is 13.2 Å². The van der Waals surface area contributed by atoms with Gasteiger partial charge in [-0.15, -0.1) is 0 Å². The first-order valence-corrected chi connectivity index (χ1v) is 13.4. The van der Waals surface area contributed by atoms with Gasteiger partial charge in [0.05, 0.1) is 5.75 Å². The SMILES string of the molecule is CC1(C)C2CC(NS(=O)(=O)CCc3ccc(Br)cc3)=C(CC=CCCCC(=O)O)C1C2. The lowest BCUT2D eigenvalue weighted by molar-refractivity contribution is -0.137. The summed E-state index contributed by atoms with van der Waals surface area (Å²) in [7, 11) is -3.42. The number of benzene rings is 1. The van der Waals surface area contributed by atoms with Crippen LogP contribution in [0.5, 0.6) is 0 Å². The number of aryl methyl sites for hydroxylation is 1. The van der Waals surface area contributed by atoms with Crippen LogP contribution < -0.4 is 4.72 Å². The minimum Gasteiger partial charge on any atom is -0.481 e. The highest BCUT2D eigenvalue weighted by molar-refractivity contribution is 9.10. The Morgan fingerprint density at radius 3 is 2.61 bits per heavy atom. The number of hydrogen-bond acceptors (Lipinski definition) is 3. The Balaban J connectivity index is 1.66. The Morgan fingerprint density at radius 1 is 1.26 bits per heavy atom. The van der Waals surface area contributed by atoms with E-state index in [2.05, 4.69) is 40.6 Å². The summed E-state index contributed by atoms with van der Waals surface area (Å²) in [5.74, 6) is 0.212. The fourth-order valence-electron chi connectivity index (χ4n) is 4.76. The number of fused-ring (bicyclic) bond motifs is 1. The summed E-state index contributed by atoms with van der Waals surface area (Å²) in [5, 5.41) is 8.74. The molecule has 1 aromatic carbocycles. The van der Waals surface area contributed by atoms with Crippen molar-refractivity contribution in [2.75, 3.05) is 5.75 Å². The molecule has 0 saturated heterocycles. The standard InChI is InChI=1S/C24H32BrNO4S/c1-24(2)18-15-21(24)20(7-5-3-4-6-8-23(27)28)22(16-18)26-31(29,30)14-13-17-9-11-19(25)12-10-17/h3,5,9-12,18,21,26H,4,6-8,13-16H2,1-2H3,(H,27,28). The lowest BCUT2D eigenvalue weighted by Crippen LogP contribution is -2.51. The molecule has 7 heteroatoms. The summed E-state index contributed by atoms with van der Waals surface area (Å²) in [6.45, 7) is 4.56. The number of allylic oxidation sites excluding steroid dienone is 4. The van der Waals surface area contributed by atoms with Gasteiger partial charge in [-0.25, -0.2) is 8.42 Å². The van der Waals surface area contributed by atoms with E-state index in [-0.39, 0.29) is 17.6 Å². The maximum atomic E-state index is 12.8. The molecule has 170 valence electrons. The monoisotopic (exact) mass is 509 g/mol. The molecule has 3 aliphatic rings. The van der Waals surface area contributed by atoms with Gasteiger partial charge < -0.3 is 5.11 Å². The van der Waals surface area contributed by atoms with E-state index in [4.69, 9.17) is 5.11 Å². The van der Waals surface area contributed by atoms with Crippen LogP contribution in [0.25, 0.3) is 0 Å². The van der Waals surface area contributed by atoms with Gasteiger partial charge in [0.1, 0.15) is 0 Å². The van der Waals surface area contributed by atoms with E-state index in [1.807, 2.05) is 30.3 Å². The van der Waals surface area contributed by atoms with Crippen LogP contribution in [0.2, 0.25) is 0 Å². The van der Waals surface area contributed by atoms with Crippen LogP contribution in [0.3, 0.4) is 0 Å². The number of carboxylic acids is 1. The number of carbonyl (C=O) groups is 1. The molecule has 1 saturated carbocycles. The molecular formula is C24H32BrNO4S. The van der Waals surface area contributed by atoms with Gasteiger partial charge >= 0.3 is 5.97 Å². The zero-order chi connectivity index (χ0) is 22.6. The van der Waals surface area contributed by atoms with Gasteiger partial charge in [-0.1, -0.05) is 54.1 Å². The van der Waals surface area contributed by atoms with Crippen molar-refractivity contribution in [3.05, 3.63) is 57.7 Å². The van der Waals surface area contributed by atoms with Crippen LogP contribution in [0.15, 0.2) is 52.2 Å². The van der Waals surface area contributed by atoms with Crippen LogP contribution in [0.1, 0.15) is 57.9 Å². The number of halogens is 1. The quantitative estimate of drug-likeness (QED) is 0.307. The molecule has 2 bridgehead atoms. The first-order valence-electron chi connectivity index (χ1n) is 10.9. The summed E-state index contributed by atoms with van der Waals surface area (Å²) in [4.78, 5) is 10.6. The molecule has 0 aromatic heterocycles. The third-order valence-electron chi connectivity index (χ3n) is 6.85. The first kappa shape index (κ1) is 24.1. The van der Waals surface area contributed by atoms with Gasteiger partial charge in [0.25, 0.3) is 0 Å². The van der Waals surface area contributed by atoms with E-state index >= 15 is 0 Å². The number of nitrogens with one attached hydrogen (secondary N) is 1. The molecule has 1 fully saturated rings. The van der Waals surface area contributed by atoms with Crippen LogP contribution >= 0.6 is 15.9 Å². The minimum absolute atomic E-state index is 0.0646. The Hall–Kier alpha value is -1.60. The molecule has 0 heterocycles. The summed E-state index contributed by atoms with van der Waals surface area (Å²) in [6, 6.07) is 7.74.